The molecule has 132 valence electrons. The molecular formula is C18H15N3O3S2. The molecule has 1 aliphatic rings. The molecule has 8 heteroatoms. The maximum atomic E-state index is 12.1. The maximum absolute atomic E-state index is 12.1. The lowest BCUT2D eigenvalue weighted by Crippen LogP contribution is -2.34. The van der Waals surface area contributed by atoms with Crippen molar-refractivity contribution in [2.24, 2.45) is 0 Å². The number of benzene rings is 1. The quantitative estimate of drug-likeness (QED) is 0.716. The zero-order valence-electron chi connectivity index (χ0n) is 13.8. The van der Waals surface area contributed by atoms with E-state index in [1.165, 1.54) is 11.3 Å². The standard InChI is InChI=1S/C18H15N3O3S2/c1-10-17(23)19-13-7-11(4-5-15(13)24-10)14-9-26-18(20-14)21-16(22)8-12-3-2-6-25-12/h2-7,9-10H,8H2,1H3,(H,19,23)(H,20,21,22). The number of amides is 2. The zero-order valence-corrected chi connectivity index (χ0v) is 15.4. The van der Waals surface area contributed by atoms with E-state index in [2.05, 4.69) is 15.6 Å². The Balaban J connectivity index is 1.49. The van der Waals surface area contributed by atoms with Crippen molar-refractivity contribution in [1.29, 1.82) is 0 Å². The monoisotopic (exact) mass is 385 g/mol. The molecule has 1 aromatic carbocycles. The van der Waals surface area contributed by atoms with Crippen molar-refractivity contribution in [3.63, 3.8) is 0 Å². The van der Waals surface area contributed by atoms with Crippen LogP contribution in [-0.4, -0.2) is 22.9 Å². The molecule has 2 aromatic heterocycles. The molecule has 3 aromatic rings. The minimum atomic E-state index is -0.502. The second-order valence-electron chi connectivity index (χ2n) is 5.80. The summed E-state index contributed by atoms with van der Waals surface area (Å²) < 4.78 is 5.56. The predicted octanol–water partition coefficient (Wildman–Crippen LogP) is 3.77. The number of rotatable bonds is 4. The number of carbonyl (C=O) groups excluding carboxylic acids is 2. The normalized spacial score (nSPS) is 15.7. The molecule has 1 aliphatic heterocycles. The molecule has 0 bridgehead atoms. The van der Waals surface area contributed by atoms with Gasteiger partial charge in [-0.05, 0) is 36.6 Å². The van der Waals surface area contributed by atoms with Gasteiger partial charge < -0.3 is 15.4 Å². The fourth-order valence-corrected chi connectivity index (χ4v) is 4.01. The highest BCUT2D eigenvalue weighted by molar-refractivity contribution is 7.14. The van der Waals surface area contributed by atoms with Gasteiger partial charge in [0.25, 0.3) is 5.91 Å². The summed E-state index contributed by atoms with van der Waals surface area (Å²) in [6.45, 7) is 1.71. The molecule has 0 saturated carbocycles. The summed E-state index contributed by atoms with van der Waals surface area (Å²) >= 11 is 2.92. The van der Waals surface area contributed by atoms with E-state index in [0.717, 1.165) is 16.1 Å². The molecule has 6 nitrogen and oxygen atoms in total. The SMILES string of the molecule is CC1Oc2ccc(-c3csc(NC(=O)Cc4cccs4)n3)cc2NC1=O. The Bertz CT molecular complexity index is 966. The van der Waals surface area contributed by atoms with Gasteiger partial charge in [0.15, 0.2) is 11.2 Å². The Morgan fingerprint density at radius 3 is 3.04 bits per heavy atom. The molecule has 0 fully saturated rings. The van der Waals surface area contributed by atoms with Crippen LogP contribution in [0.25, 0.3) is 11.3 Å². The average molecular weight is 385 g/mol. The molecule has 26 heavy (non-hydrogen) atoms. The van der Waals surface area contributed by atoms with Gasteiger partial charge in [0.2, 0.25) is 5.91 Å². The Morgan fingerprint density at radius 1 is 1.35 bits per heavy atom. The molecule has 0 spiro atoms. The van der Waals surface area contributed by atoms with Gasteiger partial charge in [-0.15, -0.1) is 22.7 Å². The van der Waals surface area contributed by atoms with Gasteiger partial charge in [0.05, 0.1) is 17.8 Å². The maximum Gasteiger partial charge on any atom is 0.265 e. The van der Waals surface area contributed by atoms with Gasteiger partial charge in [0, 0.05) is 15.8 Å². The predicted molar refractivity (Wildman–Crippen MR) is 103 cm³/mol. The van der Waals surface area contributed by atoms with Gasteiger partial charge in [0.1, 0.15) is 5.75 Å². The van der Waals surface area contributed by atoms with Crippen molar-refractivity contribution < 1.29 is 14.3 Å². The van der Waals surface area contributed by atoms with Gasteiger partial charge in [-0.3, -0.25) is 9.59 Å². The summed E-state index contributed by atoms with van der Waals surface area (Å²) in [7, 11) is 0. The Hall–Kier alpha value is -2.71. The summed E-state index contributed by atoms with van der Waals surface area (Å²) in [5, 5.41) is 10.0. The minimum absolute atomic E-state index is 0.0894. The molecule has 4 rings (SSSR count). The van der Waals surface area contributed by atoms with Crippen LogP contribution in [0.4, 0.5) is 10.8 Å². The average Bonchev–Trinajstić information content (AvgIpc) is 3.27. The number of thiophene rings is 1. The number of nitrogens with one attached hydrogen (secondary N) is 2. The summed E-state index contributed by atoms with van der Waals surface area (Å²) in [6, 6.07) is 9.38. The van der Waals surface area contributed by atoms with Crippen LogP contribution in [0.5, 0.6) is 5.75 Å². The molecule has 3 heterocycles. The number of fused-ring (bicyclic) bond motifs is 1. The lowest BCUT2D eigenvalue weighted by atomic mass is 10.1. The molecular weight excluding hydrogens is 370 g/mol. The van der Waals surface area contributed by atoms with E-state index in [-0.39, 0.29) is 11.8 Å². The van der Waals surface area contributed by atoms with Crippen LogP contribution >= 0.6 is 22.7 Å². The van der Waals surface area contributed by atoms with Crippen LogP contribution in [0, 0.1) is 0 Å². The van der Waals surface area contributed by atoms with E-state index in [4.69, 9.17) is 4.74 Å². The molecule has 2 amide bonds. The van der Waals surface area contributed by atoms with E-state index >= 15 is 0 Å². The lowest BCUT2D eigenvalue weighted by molar-refractivity contribution is -0.122. The van der Waals surface area contributed by atoms with Crippen LogP contribution in [-0.2, 0) is 16.0 Å². The van der Waals surface area contributed by atoms with Crippen LogP contribution in [0.1, 0.15) is 11.8 Å². The van der Waals surface area contributed by atoms with Gasteiger partial charge in [-0.1, -0.05) is 6.07 Å². The number of ether oxygens (including phenoxy) is 1. The number of hydrogen-bond donors (Lipinski definition) is 2. The van der Waals surface area contributed by atoms with E-state index in [0.29, 0.717) is 23.0 Å². The van der Waals surface area contributed by atoms with Crippen molar-refractivity contribution in [3.05, 3.63) is 46.0 Å². The third-order valence-electron chi connectivity index (χ3n) is 3.87. The lowest BCUT2D eigenvalue weighted by Gasteiger charge is -2.23. The fourth-order valence-electron chi connectivity index (χ4n) is 2.57. The van der Waals surface area contributed by atoms with Crippen LogP contribution < -0.4 is 15.4 Å². The second-order valence-corrected chi connectivity index (χ2v) is 7.69. The number of aromatic nitrogens is 1. The second kappa shape index (κ2) is 6.89. The summed E-state index contributed by atoms with van der Waals surface area (Å²) in [5.41, 5.74) is 2.20. The molecule has 0 aliphatic carbocycles. The highest BCUT2D eigenvalue weighted by Crippen LogP contribution is 2.34. The molecule has 0 saturated heterocycles. The number of nitrogens with zero attached hydrogens (tertiary/aromatic N) is 1. The van der Waals surface area contributed by atoms with Crippen molar-refractivity contribution in [3.8, 4) is 17.0 Å². The van der Waals surface area contributed by atoms with E-state index in [1.54, 1.807) is 18.3 Å². The largest absolute Gasteiger partial charge is 0.479 e. The van der Waals surface area contributed by atoms with Crippen molar-refractivity contribution in [2.45, 2.75) is 19.4 Å². The molecule has 2 N–H and O–H groups in total. The van der Waals surface area contributed by atoms with Crippen molar-refractivity contribution in [1.82, 2.24) is 4.98 Å². The summed E-state index contributed by atoms with van der Waals surface area (Å²) in [6.07, 6.45) is -0.162. The Kier molecular flexibility index (Phi) is 4.44. The van der Waals surface area contributed by atoms with Crippen LogP contribution in [0.3, 0.4) is 0 Å². The zero-order chi connectivity index (χ0) is 18.1. The van der Waals surface area contributed by atoms with Crippen molar-refractivity contribution in [2.75, 3.05) is 10.6 Å². The summed E-state index contributed by atoms with van der Waals surface area (Å²) in [4.78, 5) is 29.3. The highest BCUT2D eigenvalue weighted by atomic mass is 32.1. The minimum Gasteiger partial charge on any atom is -0.479 e. The molecule has 1 unspecified atom stereocenters. The van der Waals surface area contributed by atoms with E-state index < -0.39 is 6.10 Å². The first kappa shape index (κ1) is 16.7. The van der Waals surface area contributed by atoms with Gasteiger partial charge in [-0.2, -0.15) is 0 Å². The smallest absolute Gasteiger partial charge is 0.265 e. The molecule has 1 atom stereocenters. The topological polar surface area (TPSA) is 80.3 Å². The number of thiazole rings is 1. The first-order valence-corrected chi connectivity index (χ1v) is 9.74. The Morgan fingerprint density at radius 2 is 2.23 bits per heavy atom. The van der Waals surface area contributed by atoms with Crippen molar-refractivity contribution >= 4 is 45.3 Å². The number of carbonyl (C=O) groups is 2. The first-order valence-electron chi connectivity index (χ1n) is 7.98. The van der Waals surface area contributed by atoms with E-state index in [9.17, 15) is 9.59 Å². The first-order chi connectivity index (χ1) is 12.6. The van der Waals surface area contributed by atoms with Gasteiger partial charge >= 0.3 is 0 Å². The van der Waals surface area contributed by atoms with E-state index in [1.807, 2.05) is 41.1 Å². The number of hydrogen-bond acceptors (Lipinski definition) is 6. The third-order valence-corrected chi connectivity index (χ3v) is 5.51. The fraction of sp³-hybridized carbons (Fsp3) is 0.167. The molecule has 0 radical (unpaired) electrons. The summed E-state index contributed by atoms with van der Waals surface area (Å²) in [5.74, 6) is 0.378. The third kappa shape index (κ3) is 3.47. The van der Waals surface area contributed by atoms with Crippen LogP contribution in [0.2, 0.25) is 0 Å². The Labute approximate surface area is 157 Å². The van der Waals surface area contributed by atoms with Gasteiger partial charge in [-0.25, -0.2) is 4.98 Å². The number of anilines is 2. The highest BCUT2D eigenvalue weighted by Gasteiger charge is 2.23. The van der Waals surface area contributed by atoms with Crippen LogP contribution in [0.15, 0.2) is 41.1 Å².